The number of thiophene rings is 1. The minimum atomic E-state index is -0.474. The van der Waals surface area contributed by atoms with Crippen molar-refractivity contribution in [3.8, 4) is 0 Å². The Morgan fingerprint density at radius 2 is 1.92 bits per heavy atom. The lowest BCUT2D eigenvalue weighted by Crippen LogP contribution is -2.40. The van der Waals surface area contributed by atoms with Crippen LogP contribution in [0.3, 0.4) is 0 Å². The Labute approximate surface area is 154 Å². The highest BCUT2D eigenvalue weighted by molar-refractivity contribution is 7.10. The summed E-state index contributed by atoms with van der Waals surface area (Å²) in [5.74, 6) is -0.181. The number of rotatable bonds is 3. The van der Waals surface area contributed by atoms with Crippen LogP contribution in [0.25, 0.3) is 0 Å². The molecule has 0 bridgehead atoms. The number of nitro groups is 1. The van der Waals surface area contributed by atoms with Crippen LogP contribution < -0.4 is 0 Å². The third-order valence-corrected chi connectivity index (χ3v) is 5.64. The molecule has 1 atom stereocenters. The normalized spacial score (nSPS) is 16.2. The largest absolute Gasteiger partial charge is 0.327 e. The molecule has 1 aromatic heterocycles. The van der Waals surface area contributed by atoms with E-state index < -0.39 is 4.92 Å². The van der Waals surface area contributed by atoms with Crippen LogP contribution in [-0.4, -0.2) is 22.3 Å². The smallest absolute Gasteiger partial charge is 0.270 e. The second-order valence-corrected chi connectivity index (χ2v) is 7.17. The molecule has 1 aliphatic heterocycles. The summed E-state index contributed by atoms with van der Waals surface area (Å²) in [6.45, 7) is 0.592. The first kappa shape index (κ1) is 16.5. The predicted molar refractivity (Wildman–Crippen MR) is 100 cm³/mol. The molecule has 6 heteroatoms. The second kappa shape index (κ2) is 6.72. The number of fused-ring (bicyclic) bond motifs is 1. The monoisotopic (exact) mass is 364 g/mol. The molecule has 5 nitrogen and oxygen atoms in total. The summed E-state index contributed by atoms with van der Waals surface area (Å²) in [5, 5.41) is 13.1. The fourth-order valence-corrected chi connectivity index (χ4v) is 4.35. The van der Waals surface area contributed by atoms with E-state index in [0.717, 1.165) is 17.5 Å². The zero-order valence-electron chi connectivity index (χ0n) is 13.9. The summed E-state index contributed by atoms with van der Waals surface area (Å²) in [4.78, 5) is 26.9. The third-order valence-electron chi connectivity index (χ3n) is 4.65. The molecule has 0 saturated heterocycles. The van der Waals surface area contributed by atoms with Gasteiger partial charge in [0.05, 0.1) is 11.0 Å². The van der Waals surface area contributed by atoms with Gasteiger partial charge in [0.2, 0.25) is 0 Å². The first-order valence-corrected chi connectivity index (χ1v) is 9.20. The Kier molecular flexibility index (Phi) is 4.26. The summed E-state index contributed by atoms with van der Waals surface area (Å²) >= 11 is 1.71. The molecule has 130 valence electrons. The minimum absolute atomic E-state index is 0.0691. The standard InChI is InChI=1S/C20H16N2O3S/c23-20(15-7-4-8-16(13-15)22(24)25)21-11-9-18-17(10-12-26-18)19(21)14-5-2-1-3-6-14/h1-8,10,12-13,19H,9,11H2/t19-/m0/s1. The first-order chi connectivity index (χ1) is 12.6. The molecule has 1 aliphatic rings. The summed E-state index contributed by atoms with van der Waals surface area (Å²) in [6, 6.07) is 17.8. The van der Waals surface area contributed by atoms with E-state index in [9.17, 15) is 14.9 Å². The number of non-ortho nitro benzene ring substituents is 1. The van der Waals surface area contributed by atoms with Gasteiger partial charge >= 0.3 is 0 Å². The fraction of sp³-hybridized carbons (Fsp3) is 0.150. The molecule has 0 spiro atoms. The third kappa shape index (κ3) is 2.88. The van der Waals surface area contributed by atoms with Crippen molar-refractivity contribution < 1.29 is 9.72 Å². The van der Waals surface area contributed by atoms with Crippen molar-refractivity contribution in [1.82, 2.24) is 4.90 Å². The van der Waals surface area contributed by atoms with Crippen LogP contribution in [0.15, 0.2) is 66.0 Å². The van der Waals surface area contributed by atoms with Crippen molar-refractivity contribution in [3.05, 3.63) is 97.7 Å². The zero-order chi connectivity index (χ0) is 18.1. The Morgan fingerprint density at radius 1 is 1.12 bits per heavy atom. The van der Waals surface area contributed by atoms with Gasteiger partial charge in [-0.05, 0) is 35.1 Å². The molecule has 0 unspecified atom stereocenters. The van der Waals surface area contributed by atoms with Crippen molar-refractivity contribution in [3.63, 3.8) is 0 Å². The number of hydrogen-bond donors (Lipinski definition) is 0. The molecule has 0 N–H and O–H groups in total. The highest BCUT2D eigenvalue weighted by Gasteiger charge is 2.33. The van der Waals surface area contributed by atoms with Gasteiger partial charge in [-0.1, -0.05) is 36.4 Å². The van der Waals surface area contributed by atoms with Crippen molar-refractivity contribution in [2.45, 2.75) is 12.5 Å². The van der Waals surface area contributed by atoms with Crippen molar-refractivity contribution in [2.24, 2.45) is 0 Å². The van der Waals surface area contributed by atoms with E-state index >= 15 is 0 Å². The van der Waals surface area contributed by atoms with Crippen LogP contribution in [0.1, 0.15) is 32.4 Å². The molecule has 2 heterocycles. The van der Waals surface area contributed by atoms with Gasteiger partial charge in [0.25, 0.3) is 11.6 Å². The van der Waals surface area contributed by atoms with E-state index in [0.29, 0.717) is 12.1 Å². The molecule has 0 fully saturated rings. The van der Waals surface area contributed by atoms with Crippen LogP contribution in [0.2, 0.25) is 0 Å². The Bertz CT molecular complexity index is 968. The van der Waals surface area contributed by atoms with Gasteiger partial charge in [-0.3, -0.25) is 14.9 Å². The number of carbonyl (C=O) groups is 1. The van der Waals surface area contributed by atoms with Crippen LogP contribution in [0.5, 0.6) is 0 Å². The number of nitro benzene ring substituents is 1. The number of hydrogen-bond acceptors (Lipinski definition) is 4. The lowest BCUT2D eigenvalue weighted by atomic mass is 9.92. The van der Waals surface area contributed by atoms with Gasteiger partial charge in [0, 0.05) is 29.1 Å². The summed E-state index contributed by atoms with van der Waals surface area (Å²) in [6.07, 6.45) is 0.803. The first-order valence-electron chi connectivity index (χ1n) is 8.32. The lowest BCUT2D eigenvalue weighted by Gasteiger charge is -2.36. The molecule has 0 saturated carbocycles. The molecule has 26 heavy (non-hydrogen) atoms. The highest BCUT2D eigenvalue weighted by Crippen LogP contribution is 2.38. The van der Waals surface area contributed by atoms with Crippen LogP contribution in [-0.2, 0) is 6.42 Å². The summed E-state index contributed by atoms with van der Waals surface area (Å²) < 4.78 is 0. The maximum absolute atomic E-state index is 13.2. The van der Waals surface area contributed by atoms with Crippen molar-refractivity contribution in [2.75, 3.05) is 6.54 Å². The van der Waals surface area contributed by atoms with Gasteiger partial charge in [0.15, 0.2) is 0 Å². The van der Waals surface area contributed by atoms with Crippen LogP contribution in [0, 0.1) is 10.1 Å². The molecule has 2 aromatic carbocycles. The summed E-state index contributed by atoms with van der Waals surface area (Å²) in [5.41, 5.74) is 2.47. The van der Waals surface area contributed by atoms with E-state index in [1.54, 1.807) is 23.5 Å². The van der Waals surface area contributed by atoms with E-state index in [1.165, 1.54) is 17.0 Å². The fourth-order valence-electron chi connectivity index (χ4n) is 3.45. The Hall–Kier alpha value is -2.99. The zero-order valence-corrected chi connectivity index (χ0v) is 14.7. The van der Waals surface area contributed by atoms with Gasteiger partial charge in [-0.15, -0.1) is 11.3 Å². The van der Waals surface area contributed by atoms with Gasteiger partial charge < -0.3 is 4.90 Å². The number of amides is 1. The van der Waals surface area contributed by atoms with Gasteiger partial charge in [-0.25, -0.2) is 0 Å². The maximum atomic E-state index is 13.2. The quantitative estimate of drug-likeness (QED) is 0.510. The molecule has 0 radical (unpaired) electrons. The molecule has 1 amide bonds. The second-order valence-electron chi connectivity index (χ2n) is 6.17. The van der Waals surface area contributed by atoms with E-state index in [4.69, 9.17) is 0 Å². The SMILES string of the molecule is O=C(c1cccc([N+](=O)[O-])c1)N1CCc2sccc2[C@@H]1c1ccccc1. The average molecular weight is 364 g/mol. The molecule has 3 aromatic rings. The Morgan fingerprint density at radius 3 is 2.69 bits per heavy atom. The molecular formula is C20H16N2O3S. The van der Waals surface area contributed by atoms with E-state index in [-0.39, 0.29) is 17.6 Å². The van der Waals surface area contributed by atoms with E-state index in [1.807, 2.05) is 35.2 Å². The average Bonchev–Trinajstić information content (AvgIpc) is 3.16. The molecular weight excluding hydrogens is 348 g/mol. The predicted octanol–water partition coefficient (Wildman–Crippen LogP) is 4.44. The van der Waals surface area contributed by atoms with Gasteiger partial charge in [-0.2, -0.15) is 0 Å². The van der Waals surface area contributed by atoms with Crippen LogP contribution in [0.4, 0.5) is 5.69 Å². The topological polar surface area (TPSA) is 63.4 Å². The minimum Gasteiger partial charge on any atom is -0.327 e. The maximum Gasteiger partial charge on any atom is 0.270 e. The summed E-state index contributed by atoms with van der Waals surface area (Å²) in [7, 11) is 0. The van der Waals surface area contributed by atoms with Crippen molar-refractivity contribution >= 4 is 22.9 Å². The highest BCUT2D eigenvalue weighted by atomic mass is 32.1. The molecule has 4 rings (SSSR count). The van der Waals surface area contributed by atoms with Crippen LogP contribution >= 0.6 is 11.3 Å². The lowest BCUT2D eigenvalue weighted by molar-refractivity contribution is -0.384. The molecule has 0 aliphatic carbocycles. The van der Waals surface area contributed by atoms with Gasteiger partial charge in [0.1, 0.15) is 0 Å². The number of carbonyl (C=O) groups excluding carboxylic acids is 1. The Balaban J connectivity index is 1.76. The number of nitrogens with zero attached hydrogens (tertiary/aromatic N) is 2. The van der Waals surface area contributed by atoms with E-state index in [2.05, 4.69) is 11.4 Å². The number of benzene rings is 2. The van der Waals surface area contributed by atoms with Crippen molar-refractivity contribution in [1.29, 1.82) is 0 Å².